The summed E-state index contributed by atoms with van der Waals surface area (Å²) in [5.41, 5.74) is 1.05. The second-order valence-electron chi connectivity index (χ2n) is 6.37. The number of ketones is 1. The summed E-state index contributed by atoms with van der Waals surface area (Å²) in [6.07, 6.45) is 4.13. The van der Waals surface area contributed by atoms with Crippen LogP contribution in [-0.2, 0) is 9.59 Å². The Morgan fingerprint density at radius 1 is 1.24 bits per heavy atom. The first-order chi connectivity index (χ1) is 10.0. The summed E-state index contributed by atoms with van der Waals surface area (Å²) in [5.74, 6) is -0.310. The third-order valence-electron chi connectivity index (χ3n) is 4.80. The number of hydrogen-bond donors (Lipinski definition) is 1. The first kappa shape index (κ1) is 14.2. The van der Waals surface area contributed by atoms with Crippen molar-refractivity contribution < 1.29 is 14.0 Å². The Labute approximate surface area is 123 Å². The van der Waals surface area contributed by atoms with Crippen molar-refractivity contribution in [3.05, 3.63) is 29.6 Å². The van der Waals surface area contributed by atoms with E-state index in [0.717, 1.165) is 24.8 Å². The molecule has 0 spiro atoms. The summed E-state index contributed by atoms with van der Waals surface area (Å²) in [5, 5.41) is 2.69. The van der Waals surface area contributed by atoms with E-state index in [-0.39, 0.29) is 29.3 Å². The van der Waals surface area contributed by atoms with Crippen LogP contribution in [-0.4, -0.2) is 11.7 Å². The second-order valence-corrected chi connectivity index (χ2v) is 6.37. The maximum absolute atomic E-state index is 13.8. The van der Waals surface area contributed by atoms with Gasteiger partial charge in [-0.3, -0.25) is 9.59 Å². The maximum atomic E-state index is 13.8. The quantitative estimate of drug-likeness (QED) is 0.906. The van der Waals surface area contributed by atoms with Crippen LogP contribution in [0.25, 0.3) is 0 Å². The number of aryl methyl sites for hydroxylation is 1. The van der Waals surface area contributed by atoms with Gasteiger partial charge in [0.25, 0.3) is 0 Å². The number of nitrogens with one attached hydrogen (secondary N) is 1. The zero-order valence-electron chi connectivity index (χ0n) is 12.2. The van der Waals surface area contributed by atoms with E-state index >= 15 is 0 Å². The van der Waals surface area contributed by atoms with Crippen molar-refractivity contribution in [3.8, 4) is 0 Å². The van der Waals surface area contributed by atoms with Crippen molar-refractivity contribution in [1.82, 2.24) is 0 Å². The predicted octanol–water partition coefficient (Wildman–Crippen LogP) is 3.47. The Morgan fingerprint density at radius 3 is 2.52 bits per heavy atom. The van der Waals surface area contributed by atoms with E-state index in [9.17, 15) is 14.0 Å². The van der Waals surface area contributed by atoms with Gasteiger partial charge in [0.15, 0.2) is 0 Å². The number of benzene rings is 1. The molecule has 0 aliphatic heterocycles. The van der Waals surface area contributed by atoms with Gasteiger partial charge in [-0.1, -0.05) is 12.5 Å². The molecule has 1 aromatic rings. The minimum Gasteiger partial charge on any atom is -0.323 e. The number of Topliss-reactive ketones (excluding diaryl/α,β-unsaturated/α-hetero) is 1. The van der Waals surface area contributed by atoms with Crippen LogP contribution in [0.1, 0.15) is 37.7 Å². The molecule has 0 saturated heterocycles. The van der Waals surface area contributed by atoms with Crippen LogP contribution in [0, 0.1) is 30.5 Å². The lowest BCUT2D eigenvalue weighted by molar-refractivity contribution is -0.136. The number of amides is 1. The molecule has 2 aliphatic carbocycles. The van der Waals surface area contributed by atoms with Gasteiger partial charge in [-0.2, -0.15) is 0 Å². The lowest BCUT2D eigenvalue weighted by Crippen LogP contribution is -2.40. The highest BCUT2D eigenvalue weighted by molar-refractivity contribution is 5.95. The van der Waals surface area contributed by atoms with E-state index < -0.39 is 5.82 Å². The van der Waals surface area contributed by atoms with Gasteiger partial charge in [0.2, 0.25) is 5.91 Å². The van der Waals surface area contributed by atoms with Crippen LogP contribution in [0.4, 0.5) is 10.1 Å². The Hall–Kier alpha value is -1.71. The van der Waals surface area contributed by atoms with Crippen molar-refractivity contribution in [2.45, 2.75) is 39.0 Å². The molecule has 1 aromatic carbocycles. The third kappa shape index (κ3) is 2.85. The third-order valence-corrected chi connectivity index (χ3v) is 4.80. The normalized spacial score (nSPS) is 28.3. The summed E-state index contributed by atoms with van der Waals surface area (Å²) in [4.78, 5) is 24.4. The number of hydrogen-bond acceptors (Lipinski definition) is 2. The summed E-state index contributed by atoms with van der Waals surface area (Å²) in [7, 11) is 0. The zero-order valence-corrected chi connectivity index (χ0v) is 12.2. The Kier molecular flexibility index (Phi) is 3.79. The van der Waals surface area contributed by atoms with Gasteiger partial charge in [-0.15, -0.1) is 0 Å². The standard InChI is InChI=1S/C17H20FNO2/c1-10-5-6-15(14(18)7-10)19-17(21)13-8-11-3-2-4-12(9-13)16(11)20/h5-7,11-13H,2-4,8-9H2,1H3,(H,19,21)/t11-,12+,13?. The van der Waals surface area contributed by atoms with Gasteiger partial charge < -0.3 is 5.32 Å². The van der Waals surface area contributed by atoms with Gasteiger partial charge >= 0.3 is 0 Å². The highest BCUT2D eigenvalue weighted by Crippen LogP contribution is 2.40. The predicted molar refractivity (Wildman–Crippen MR) is 78.3 cm³/mol. The van der Waals surface area contributed by atoms with E-state index in [1.54, 1.807) is 12.1 Å². The van der Waals surface area contributed by atoms with Crippen molar-refractivity contribution in [2.75, 3.05) is 5.32 Å². The number of carbonyl (C=O) groups is 2. The fourth-order valence-corrected chi connectivity index (χ4v) is 3.65. The first-order valence-electron chi connectivity index (χ1n) is 7.65. The average Bonchev–Trinajstić information content (AvgIpc) is 2.41. The van der Waals surface area contributed by atoms with E-state index in [1.807, 2.05) is 6.92 Å². The van der Waals surface area contributed by atoms with Gasteiger partial charge in [-0.05, 0) is 50.3 Å². The van der Waals surface area contributed by atoms with Crippen LogP contribution in [0.2, 0.25) is 0 Å². The van der Waals surface area contributed by atoms with E-state index in [0.29, 0.717) is 18.6 Å². The van der Waals surface area contributed by atoms with Crippen LogP contribution >= 0.6 is 0 Å². The zero-order chi connectivity index (χ0) is 15.0. The van der Waals surface area contributed by atoms with Crippen LogP contribution < -0.4 is 5.32 Å². The van der Waals surface area contributed by atoms with E-state index in [4.69, 9.17) is 0 Å². The van der Waals surface area contributed by atoms with E-state index in [2.05, 4.69) is 5.32 Å². The maximum Gasteiger partial charge on any atom is 0.227 e. The molecule has 1 amide bonds. The Morgan fingerprint density at radius 2 is 1.90 bits per heavy atom. The molecule has 3 rings (SSSR count). The Bertz CT molecular complexity index is 568. The number of rotatable bonds is 2. The molecule has 4 heteroatoms. The topological polar surface area (TPSA) is 46.2 Å². The van der Waals surface area contributed by atoms with Crippen LogP contribution in [0.15, 0.2) is 18.2 Å². The van der Waals surface area contributed by atoms with E-state index in [1.165, 1.54) is 6.07 Å². The number of anilines is 1. The lowest BCUT2D eigenvalue weighted by Gasteiger charge is -2.36. The summed E-state index contributed by atoms with van der Waals surface area (Å²) in [6, 6.07) is 4.78. The molecular weight excluding hydrogens is 269 g/mol. The molecule has 21 heavy (non-hydrogen) atoms. The van der Waals surface area contributed by atoms with Crippen molar-refractivity contribution in [1.29, 1.82) is 0 Å². The SMILES string of the molecule is Cc1ccc(NC(=O)C2C[C@H]3CCC[C@@H](C2)C3=O)c(F)c1. The molecule has 0 heterocycles. The Balaban J connectivity index is 1.70. The number of carbonyl (C=O) groups excluding carboxylic acids is 2. The minimum absolute atomic E-state index is 0.0381. The molecule has 2 saturated carbocycles. The highest BCUT2D eigenvalue weighted by atomic mass is 19.1. The monoisotopic (exact) mass is 289 g/mol. The molecule has 0 radical (unpaired) electrons. The van der Waals surface area contributed by atoms with Gasteiger partial charge in [-0.25, -0.2) is 4.39 Å². The molecular formula is C17H20FNO2. The van der Waals surface area contributed by atoms with Crippen molar-refractivity contribution in [2.24, 2.45) is 17.8 Å². The number of fused-ring (bicyclic) bond motifs is 2. The first-order valence-corrected chi connectivity index (χ1v) is 7.65. The highest BCUT2D eigenvalue weighted by Gasteiger charge is 2.41. The second kappa shape index (κ2) is 5.58. The molecule has 1 N–H and O–H groups in total. The smallest absolute Gasteiger partial charge is 0.227 e. The fourth-order valence-electron chi connectivity index (χ4n) is 3.65. The molecule has 112 valence electrons. The summed E-state index contributed by atoms with van der Waals surface area (Å²) in [6.45, 7) is 1.81. The van der Waals surface area contributed by atoms with Crippen LogP contribution in [0.5, 0.6) is 0 Å². The fraction of sp³-hybridized carbons (Fsp3) is 0.529. The molecule has 2 aliphatic rings. The average molecular weight is 289 g/mol. The van der Waals surface area contributed by atoms with Crippen LogP contribution in [0.3, 0.4) is 0 Å². The van der Waals surface area contributed by atoms with Crippen molar-refractivity contribution in [3.63, 3.8) is 0 Å². The molecule has 1 unspecified atom stereocenters. The molecule has 3 atom stereocenters. The molecule has 0 aromatic heterocycles. The molecule has 2 bridgehead atoms. The molecule has 2 fully saturated rings. The van der Waals surface area contributed by atoms with Crippen molar-refractivity contribution >= 4 is 17.4 Å². The minimum atomic E-state index is -0.407. The largest absolute Gasteiger partial charge is 0.323 e. The van der Waals surface area contributed by atoms with Gasteiger partial charge in [0, 0.05) is 17.8 Å². The van der Waals surface area contributed by atoms with Gasteiger partial charge in [0.05, 0.1) is 5.69 Å². The van der Waals surface area contributed by atoms with Gasteiger partial charge in [0.1, 0.15) is 11.6 Å². The summed E-state index contributed by atoms with van der Waals surface area (Å²) < 4.78 is 13.8. The summed E-state index contributed by atoms with van der Waals surface area (Å²) >= 11 is 0. The molecule has 3 nitrogen and oxygen atoms in total. The lowest BCUT2D eigenvalue weighted by atomic mass is 9.67. The number of halogens is 1.